The fourth-order valence-corrected chi connectivity index (χ4v) is 1.35. The fourth-order valence-electron chi connectivity index (χ4n) is 1.35. The summed E-state index contributed by atoms with van der Waals surface area (Å²) in [5.74, 6) is 1.35. The second kappa shape index (κ2) is 7.80. The largest absolute Gasteiger partial charge is 0.385 e. The van der Waals surface area contributed by atoms with E-state index in [-0.39, 0.29) is 13.2 Å². The molecule has 0 bridgehead atoms. The summed E-state index contributed by atoms with van der Waals surface area (Å²) in [6, 6.07) is 1.58. The fraction of sp³-hybridized carbons (Fsp3) is 0.636. The van der Waals surface area contributed by atoms with Gasteiger partial charge in [-0.1, -0.05) is 0 Å². The Labute approximate surface area is 110 Å². The van der Waals surface area contributed by atoms with Gasteiger partial charge in [0.2, 0.25) is 0 Å². The van der Waals surface area contributed by atoms with Gasteiger partial charge in [-0.15, -0.1) is 0 Å². The second-order valence-corrected chi connectivity index (χ2v) is 3.80. The van der Waals surface area contributed by atoms with Crippen LogP contribution >= 0.6 is 0 Å². The molecule has 8 heteroatoms. The van der Waals surface area contributed by atoms with Crippen molar-refractivity contribution in [2.24, 2.45) is 0 Å². The van der Waals surface area contributed by atoms with Crippen LogP contribution in [0.2, 0.25) is 0 Å². The van der Waals surface area contributed by atoms with E-state index in [1.165, 1.54) is 7.11 Å². The second-order valence-electron chi connectivity index (χ2n) is 3.80. The number of nitrogens with zero attached hydrogens (tertiary/aromatic N) is 2. The Morgan fingerprint density at radius 3 is 2.47 bits per heavy atom. The van der Waals surface area contributed by atoms with Gasteiger partial charge in [-0.2, -0.15) is 0 Å². The van der Waals surface area contributed by atoms with E-state index in [2.05, 4.69) is 20.6 Å². The lowest BCUT2D eigenvalue weighted by atomic mass is 10.3. The molecule has 6 nitrogen and oxygen atoms in total. The molecule has 0 aliphatic carbocycles. The maximum absolute atomic E-state index is 12.2. The molecule has 1 rings (SSSR count). The van der Waals surface area contributed by atoms with Crippen molar-refractivity contribution in [1.82, 2.24) is 9.97 Å². The highest BCUT2D eigenvalue weighted by Gasteiger charge is 2.16. The number of hydrogen-bond donors (Lipinski definition) is 3. The smallest absolute Gasteiger partial charge is 0.265 e. The van der Waals surface area contributed by atoms with Gasteiger partial charge in [0.1, 0.15) is 24.3 Å². The van der Waals surface area contributed by atoms with Crippen molar-refractivity contribution in [1.29, 1.82) is 0 Å². The molecule has 1 atom stereocenters. The topological polar surface area (TPSA) is 79.3 Å². The molecule has 0 spiro atoms. The number of halogens is 2. The zero-order chi connectivity index (χ0) is 14.3. The minimum atomic E-state index is -2.79. The number of aliphatic hydroxyl groups is 1. The summed E-state index contributed by atoms with van der Waals surface area (Å²) in [6.07, 6.45) is -4.52. The van der Waals surface area contributed by atoms with Gasteiger partial charge in [-0.3, -0.25) is 0 Å². The van der Waals surface area contributed by atoms with E-state index < -0.39 is 12.5 Å². The SMILES string of the molecule is CCNc1cc(NCC(O)C(F)F)nc(COC)n1. The number of hydrogen-bond acceptors (Lipinski definition) is 6. The van der Waals surface area contributed by atoms with E-state index in [1.54, 1.807) is 6.07 Å². The van der Waals surface area contributed by atoms with E-state index in [4.69, 9.17) is 9.84 Å². The molecule has 1 heterocycles. The van der Waals surface area contributed by atoms with Crippen molar-refractivity contribution in [2.45, 2.75) is 26.1 Å². The Morgan fingerprint density at radius 2 is 1.95 bits per heavy atom. The van der Waals surface area contributed by atoms with Crippen LogP contribution in [0.1, 0.15) is 12.7 Å². The Kier molecular flexibility index (Phi) is 6.37. The summed E-state index contributed by atoms with van der Waals surface area (Å²) < 4.78 is 29.3. The van der Waals surface area contributed by atoms with Crippen LogP contribution in [0.5, 0.6) is 0 Å². The quantitative estimate of drug-likeness (QED) is 0.659. The molecule has 0 amide bonds. The molecule has 0 radical (unpaired) electrons. The van der Waals surface area contributed by atoms with Crippen LogP contribution in [0.3, 0.4) is 0 Å². The molecule has 1 aromatic heterocycles. The van der Waals surface area contributed by atoms with Crippen LogP contribution in [0.4, 0.5) is 20.4 Å². The van der Waals surface area contributed by atoms with Crippen molar-refractivity contribution in [3.63, 3.8) is 0 Å². The van der Waals surface area contributed by atoms with Crippen LogP contribution in [-0.2, 0) is 11.3 Å². The lowest BCUT2D eigenvalue weighted by molar-refractivity contribution is 0.00380. The maximum atomic E-state index is 12.2. The summed E-state index contributed by atoms with van der Waals surface area (Å²) >= 11 is 0. The molecule has 1 unspecified atom stereocenters. The van der Waals surface area contributed by atoms with Gasteiger partial charge in [0.25, 0.3) is 6.43 Å². The summed E-state index contributed by atoms with van der Waals surface area (Å²) in [4.78, 5) is 8.27. The molecule has 0 saturated heterocycles. The third kappa shape index (κ3) is 5.31. The molecule has 108 valence electrons. The molecule has 0 fully saturated rings. The minimum Gasteiger partial charge on any atom is -0.385 e. The molecule has 3 N–H and O–H groups in total. The third-order valence-corrected chi connectivity index (χ3v) is 2.19. The summed E-state index contributed by atoms with van der Waals surface area (Å²) in [7, 11) is 1.51. The van der Waals surface area contributed by atoms with Crippen molar-refractivity contribution in [3.8, 4) is 0 Å². The number of alkyl halides is 2. The van der Waals surface area contributed by atoms with Crippen LogP contribution in [-0.4, -0.2) is 47.8 Å². The predicted molar refractivity (Wildman–Crippen MR) is 67.4 cm³/mol. The molecule has 0 saturated carbocycles. The van der Waals surface area contributed by atoms with E-state index in [9.17, 15) is 8.78 Å². The zero-order valence-electron chi connectivity index (χ0n) is 10.9. The lowest BCUT2D eigenvalue weighted by Crippen LogP contribution is -2.27. The highest BCUT2D eigenvalue weighted by atomic mass is 19.3. The van der Waals surface area contributed by atoms with Gasteiger partial charge >= 0.3 is 0 Å². The number of methoxy groups -OCH3 is 1. The van der Waals surface area contributed by atoms with Crippen molar-refractivity contribution in [3.05, 3.63) is 11.9 Å². The highest BCUT2D eigenvalue weighted by Crippen LogP contribution is 2.12. The van der Waals surface area contributed by atoms with Gasteiger partial charge in [-0.25, -0.2) is 18.7 Å². The predicted octanol–water partition coefficient (Wildman–Crippen LogP) is 1.09. The summed E-state index contributed by atoms with van der Waals surface area (Å²) in [6.45, 7) is 2.51. The molecular formula is C11H18F2N4O2. The molecule has 0 aliphatic heterocycles. The van der Waals surface area contributed by atoms with E-state index >= 15 is 0 Å². The van der Waals surface area contributed by atoms with Crippen molar-refractivity contribution in [2.75, 3.05) is 30.8 Å². The monoisotopic (exact) mass is 276 g/mol. The Balaban J connectivity index is 2.74. The van der Waals surface area contributed by atoms with Gasteiger partial charge in [0.05, 0.1) is 0 Å². The first-order valence-electron chi connectivity index (χ1n) is 5.87. The first-order chi connectivity index (χ1) is 9.06. The van der Waals surface area contributed by atoms with Gasteiger partial charge in [0, 0.05) is 26.3 Å². The van der Waals surface area contributed by atoms with Gasteiger partial charge < -0.3 is 20.5 Å². The van der Waals surface area contributed by atoms with Crippen LogP contribution in [0, 0.1) is 0 Å². The summed E-state index contributed by atoms with van der Waals surface area (Å²) in [5.41, 5.74) is 0. The number of rotatable bonds is 8. The lowest BCUT2D eigenvalue weighted by Gasteiger charge is -2.13. The number of ether oxygens (including phenoxy) is 1. The molecule has 0 aliphatic rings. The molecule has 1 aromatic rings. The zero-order valence-corrected chi connectivity index (χ0v) is 10.9. The molecule has 0 aromatic carbocycles. The third-order valence-electron chi connectivity index (χ3n) is 2.19. The van der Waals surface area contributed by atoms with Crippen LogP contribution in [0.25, 0.3) is 0 Å². The van der Waals surface area contributed by atoms with E-state index in [0.29, 0.717) is 24.0 Å². The minimum absolute atomic E-state index is 0.214. The van der Waals surface area contributed by atoms with Crippen molar-refractivity contribution < 1.29 is 18.6 Å². The number of anilines is 2. The number of aromatic nitrogens is 2. The standard InChI is InChI=1S/C11H18F2N4O2/c1-3-14-8-4-9(15-5-7(18)11(12)13)17-10(16-8)6-19-2/h4,7,11,18H,3,5-6H2,1-2H3,(H2,14,15,16,17). The Bertz CT molecular complexity index is 369. The average Bonchev–Trinajstić information content (AvgIpc) is 2.36. The van der Waals surface area contributed by atoms with Crippen molar-refractivity contribution >= 4 is 11.6 Å². The molecule has 19 heavy (non-hydrogen) atoms. The van der Waals surface area contributed by atoms with Crippen LogP contribution < -0.4 is 10.6 Å². The maximum Gasteiger partial charge on any atom is 0.265 e. The molecular weight excluding hydrogens is 258 g/mol. The Hall–Kier alpha value is -1.54. The van der Waals surface area contributed by atoms with Gasteiger partial charge in [-0.05, 0) is 6.92 Å². The summed E-state index contributed by atoms with van der Waals surface area (Å²) in [5, 5.41) is 14.7. The first-order valence-corrected chi connectivity index (χ1v) is 5.87. The first kappa shape index (κ1) is 15.5. The van der Waals surface area contributed by atoms with E-state index in [1.807, 2.05) is 6.92 Å². The number of nitrogens with one attached hydrogen (secondary N) is 2. The van der Waals surface area contributed by atoms with Gasteiger partial charge in [0.15, 0.2) is 5.82 Å². The Morgan fingerprint density at radius 1 is 1.32 bits per heavy atom. The average molecular weight is 276 g/mol. The van der Waals surface area contributed by atoms with Crippen LogP contribution in [0.15, 0.2) is 6.07 Å². The van der Waals surface area contributed by atoms with E-state index in [0.717, 1.165) is 0 Å². The highest BCUT2D eigenvalue weighted by molar-refractivity contribution is 5.47. The number of aliphatic hydroxyl groups excluding tert-OH is 1. The normalized spacial score (nSPS) is 12.5.